The fourth-order valence-electron chi connectivity index (χ4n) is 1.95. The number of aromatic nitrogens is 4. The van der Waals surface area contributed by atoms with Crippen molar-refractivity contribution >= 4 is 46.5 Å². The molecule has 0 unspecified atom stereocenters. The van der Waals surface area contributed by atoms with E-state index < -0.39 is 0 Å². The van der Waals surface area contributed by atoms with Crippen LogP contribution in [0.3, 0.4) is 0 Å². The minimum absolute atomic E-state index is 0. The van der Waals surface area contributed by atoms with Gasteiger partial charge in [-0.05, 0) is 48.7 Å². The predicted molar refractivity (Wildman–Crippen MR) is 87.0 cm³/mol. The molecule has 0 fully saturated rings. The molecule has 0 saturated heterocycles. The first-order valence-electron chi connectivity index (χ1n) is 6.06. The molecule has 0 aliphatic carbocycles. The Hall–Kier alpha value is -1.66. The van der Waals surface area contributed by atoms with Crippen LogP contribution in [0, 0.1) is 9.54 Å². The second kappa shape index (κ2) is 6.87. The van der Waals surface area contributed by atoms with Crippen molar-refractivity contribution in [2.45, 2.75) is 0 Å². The Morgan fingerprint density at radius 2 is 0.762 bits per heavy atom. The average molecular weight is 364 g/mol. The van der Waals surface area contributed by atoms with Gasteiger partial charge in [-0.25, -0.2) is 0 Å². The Bertz CT molecular complexity index is 812. The van der Waals surface area contributed by atoms with Gasteiger partial charge in [0.05, 0.1) is 22.1 Å². The van der Waals surface area contributed by atoms with Crippen LogP contribution in [0.5, 0.6) is 0 Å². The van der Waals surface area contributed by atoms with Crippen molar-refractivity contribution in [1.82, 2.24) is 19.9 Å². The third-order valence-electron chi connectivity index (χ3n) is 2.85. The number of H-pyrrole nitrogens is 4. The van der Waals surface area contributed by atoms with E-state index in [0.717, 1.165) is 22.1 Å². The molecule has 2 heterocycles. The van der Waals surface area contributed by atoms with Gasteiger partial charge in [0.1, 0.15) is 0 Å². The number of para-hydroxylation sites is 4. The zero-order chi connectivity index (χ0) is 13.9. The maximum absolute atomic E-state index is 4.90. The first kappa shape index (κ1) is 15.7. The molecular formula is C14H12CuN4S2. The molecule has 0 spiro atoms. The Balaban J connectivity index is 0.000000147. The summed E-state index contributed by atoms with van der Waals surface area (Å²) < 4.78 is 1.36. The van der Waals surface area contributed by atoms with Crippen molar-refractivity contribution in [3.63, 3.8) is 0 Å². The molecule has 1 radical (unpaired) electrons. The number of hydrogen-bond acceptors (Lipinski definition) is 2. The molecule has 2 aromatic heterocycles. The molecule has 7 heteroatoms. The molecule has 0 atom stereocenters. The van der Waals surface area contributed by atoms with Gasteiger partial charge in [0.2, 0.25) is 0 Å². The van der Waals surface area contributed by atoms with Gasteiger partial charge in [0.15, 0.2) is 9.54 Å². The van der Waals surface area contributed by atoms with E-state index in [4.69, 9.17) is 24.4 Å². The summed E-state index contributed by atoms with van der Waals surface area (Å²) in [5.74, 6) is 0. The van der Waals surface area contributed by atoms with Gasteiger partial charge < -0.3 is 19.9 Å². The number of fused-ring (bicyclic) bond motifs is 2. The molecule has 0 amide bonds. The fraction of sp³-hybridized carbons (Fsp3) is 0. The first-order valence-corrected chi connectivity index (χ1v) is 6.88. The summed E-state index contributed by atoms with van der Waals surface area (Å²) in [6.07, 6.45) is 0. The van der Waals surface area contributed by atoms with E-state index in [9.17, 15) is 0 Å². The molecule has 111 valence electrons. The molecular weight excluding hydrogens is 352 g/mol. The van der Waals surface area contributed by atoms with Gasteiger partial charge in [-0.2, -0.15) is 0 Å². The summed E-state index contributed by atoms with van der Waals surface area (Å²) in [5, 5.41) is 0. The summed E-state index contributed by atoms with van der Waals surface area (Å²) in [7, 11) is 0. The van der Waals surface area contributed by atoms with Crippen molar-refractivity contribution in [3.8, 4) is 0 Å². The summed E-state index contributed by atoms with van der Waals surface area (Å²) in [4.78, 5) is 12.1. The van der Waals surface area contributed by atoms with Gasteiger partial charge in [0.25, 0.3) is 0 Å². The van der Waals surface area contributed by atoms with Crippen molar-refractivity contribution < 1.29 is 17.1 Å². The van der Waals surface area contributed by atoms with E-state index in [2.05, 4.69) is 19.9 Å². The van der Waals surface area contributed by atoms with Crippen molar-refractivity contribution in [3.05, 3.63) is 58.1 Å². The van der Waals surface area contributed by atoms with Crippen LogP contribution in [0.2, 0.25) is 0 Å². The summed E-state index contributed by atoms with van der Waals surface area (Å²) in [6, 6.07) is 15.8. The fourth-order valence-corrected chi connectivity index (χ4v) is 2.39. The van der Waals surface area contributed by atoms with E-state index in [1.165, 1.54) is 0 Å². The van der Waals surface area contributed by atoms with E-state index >= 15 is 0 Å². The molecule has 0 aliphatic heterocycles. The van der Waals surface area contributed by atoms with E-state index in [0.29, 0.717) is 9.54 Å². The molecule has 4 N–H and O–H groups in total. The Morgan fingerprint density at radius 3 is 1.00 bits per heavy atom. The standard InChI is InChI=1S/2C7H6N2S.Cu/c2*10-7-8-5-3-1-2-4-6(5)9-7;/h2*1-4H,(H2,8,9,10);. The van der Waals surface area contributed by atoms with Gasteiger partial charge in [0, 0.05) is 17.1 Å². The second-order valence-corrected chi connectivity index (χ2v) is 5.07. The van der Waals surface area contributed by atoms with Crippen LogP contribution in [0.15, 0.2) is 48.5 Å². The number of nitrogens with one attached hydrogen (secondary N) is 4. The number of imidazole rings is 2. The topological polar surface area (TPSA) is 63.2 Å². The van der Waals surface area contributed by atoms with Crippen LogP contribution in [-0.4, -0.2) is 19.9 Å². The normalized spacial score (nSPS) is 9.90. The maximum atomic E-state index is 4.90. The molecule has 2 aromatic carbocycles. The maximum Gasteiger partial charge on any atom is 0.175 e. The summed E-state index contributed by atoms with van der Waals surface area (Å²) >= 11 is 9.80. The molecule has 4 aromatic rings. The van der Waals surface area contributed by atoms with Gasteiger partial charge in [-0.1, -0.05) is 24.3 Å². The van der Waals surface area contributed by atoms with Crippen LogP contribution in [0.1, 0.15) is 0 Å². The zero-order valence-electron chi connectivity index (χ0n) is 10.7. The second-order valence-electron chi connectivity index (χ2n) is 4.25. The molecule has 4 nitrogen and oxygen atoms in total. The summed E-state index contributed by atoms with van der Waals surface area (Å²) in [6.45, 7) is 0. The Kier molecular flexibility index (Phi) is 5.14. The van der Waals surface area contributed by atoms with Crippen molar-refractivity contribution in [1.29, 1.82) is 0 Å². The third-order valence-corrected chi connectivity index (χ3v) is 3.26. The summed E-state index contributed by atoms with van der Waals surface area (Å²) in [5.41, 5.74) is 4.25. The van der Waals surface area contributed by atoms with Crippen molar-refractivity contribution in [2.75, 3.05) is 0 Å². The minimum atomic E-state index is 0. The van der Waals surface area contributed by atoms with Crippen LogP contribution < -0.4 is 0 Å². The largest absolute Gasteiger partial charge is 0.331 e. The first-order chi connectivity index (χ1) is 9.72. The SMILES string of the molecule is S=c1[nH]c2ccccc2[nH]1.S=c1[nH]c2ccccc2[nH]1.[Cu]. The van der Waals surface area contributed by atoms with Crippen LogP contribution >= 0.6 is 24.4 Å². The molecule has 21 heavy (non-hydrogen) atoms. The Morgan fingerprint density at radius 1 is 0.524 bits per heavy atom. The minimum Gasteiger partial charge on any atom is -0.331 e. The average Bonchev–Trinajstić information content (AvgIpc) is 2.99. The van der Waals surface area contributed by atoms with E-state index in [-0.39, 0.29) is 17.1 Å². The molecule has 0 saturated carbocycles. The number of aromatic amines is 4. The molecule has 4 rings (SSSR count). The van der Waals surface area contributed by atoms with Crippen LogP contribution in [0.4, 0.5) is 0 Å². The zero-order valence-corrected chi connectivity index (χ0v) is 13.3. The number of hydrogen-bond donors (Lipinski definition) is 4. The smallest absolute Gasteiger partial charge is 0.175 e. The van der Waals surface area contributed by atoms with E-state index in [1.54, 1.807) is 0 Å². The quantitative estimate of drug-likeness (QED) is 0.275. The van der Waals surface area contributed by atoms with Gasteiger partial charge >= 0.3 is 0 Å². The van der Waals surface area contributed by atoms with E-state index in [1.807, 2.05) is 48.5 Å². The van der Waals surface area contributed by atoms with Crippen LogP contribution in [0.25, 0.3) is 22.1 Å². The van der Waals surface area contributed by atoms with Crippen molar-refractivity contribution in [2.24, 2.45) is 0 Å². The number of benzene rings is 2. The molecule has 0 bridgehead atoms. The Labute approximate surface area is 141 Å². The number of rotatable bonds is 0. The van der Waals surface area contributed by atoms with Gasteiger partial charge in [-0.3, -0.25) is 0 Å². The third kappa shape index (κ3) is 3.71. The van der Waals surface area contributed by atoms with Gasteiger partial charge in [-0.15, -0.1) is 0 Å². The molecule has 0 aliphatic rings. The predicted octanol–water partition coefficient (Wildman–Crippen LogP) is 4.45. The van der Waals surface area contributed by atoms with Crippen LogP contribution in [-0.2, 0) is 17.1 Å². The monoisotopic (exact) mass is 363 g/mol.